The Hall–Kier alpha value is 0. The summed E-state index contributed by atoms with van der Waals surface area (Å²) in [6.07, 6.45) is 5.37. The highest BCUT2D eigenvalue weighted by Gasteiger charge is 2.30. The molecule has 0 fully saturated rings. The summed E-state index contributed by atoms with van der Waals surface area (Å²) in [5.74, 6) is 0.887. The molecule has 0 nitrogen and oxygen atoms in total. The molecule has 0 heterocycles. The summed E-state index contributed by atoms with van der Waals surface area (Å²) in [5.41, 5.74) is 0.996. The minimum atomic E-state index is 0.478. The van der Waals surface area contributed by atoms with Crippen molar-refractivity contribution in [1.29, 1.82) is 0 Å². The van der Waals surface area contributed by atoms with Crippen molar-refractivity contribution in [3.05, 3.63) is 0 Å². The van der Waals surface area contributed by atoms with Gasteiger partial charge in [0.2, 0.25) is 0 Å². The third kappa shape index (κ3) is 5.02. The summed E-state index contributed by atoms with van der Waals surface area (Å²) >= 11 is 0. The van der Waals surface area contributed by atoms with E-state index in [1.807, 2.05) is 0 Å². The fraction of sp³-hybridized carbons (Fsp3) is 1.00. The van der Waals surface area contributed by atoms with E-state index in [9.17, 15) is 0 Å². The van der Waals surface area contributed by atoms with E-state index in [1.54, 1.807) is 0 Å². The summed E-state index contributed by atoms with van der Waals surface area (Å²) < 4.78 is 0. The zero-order valence-corrected chi connectivity index (χ0v) is 11.4. The summed E-state index contributed by atoms with van der Waals surface area (Å²) in [6.45, 7) is 16.6. The van der Waals surface area contributed by atoms with Gasteiger partial charge in [0, 0.05) is 0 Å². The van der Waals surface area contributed by atoms with Crippen molar-refractivity contribution in [1.82, 2.24) is 0 Å². The Balaban J connectivity index is 4.44. The Morgan fingerprint density at radius 3 is 1.71 bits per heavy atom. The summed E-state index contributed by atoms with van der Waals surface area (Å²) in [6, 6.07) is 0. The van der Waals surface area contributed by atoms with Crippen molar-refractivity contribution in [2.45, 2.75) is 74.1 Å². The first-order valence-electron chi connectivity index (χ1n) is 6.23. The molecule has 0 aliphatic heterocycles. The molecule has 0 aromatic heterocycles. The maximum Gasteiger partial charge on any atom is -0.0328 e. The lowest BCUT2D eigenvalue weighted by atomic mass is 9.68. The Morgan fingerprint density at radius 1 is 0.929 bits per heavy atom. The highest BCUT2D eigenvalue weighted by Crippen LogP contribution is 2.40. The third-order valence-electron chi connectivity index (χ3n) is 3.51. The van der Waals surface area contributed by atoms with Crippen LogP contribution in [-0.4, -0.2) is 0 Å². The van der Waals surface area contributed by atoms with E-state index >= 15 is 0 Å². The van der Waals surface area contributed by atoms with Crippen molar-refractivity contribution in [2.75, 3.05) is 0 Å². The van der Waals surface area contributed by atoms with Gasteiger partial charge in [-0.3, -0.25) is 0 Å². The third-order valence-corrected chi connectivity index (χ3v) is 3.51. The Kier molecular flexibility index (Phi) is 5.19. The molecular formula is C14H30. The van der Waals surface area contributed by atoms with Crippen LogP contribution in [0.25, 0.3) is 0 Å². The predicted molar refractivity (Wildman–Crippen MR) is 66.5 cm³/mol. The molecule has 0 saturated heterocycles. The van der Waals surface area contributed by atoms with E-state index in [0.717, 1.165) is 5.92 Å². The first-order valence-corrected chi connectivity index (χ1v) is 6.23. The van der Waals surface area contributed by atoms with Gasteiger partial charge in [-0.2, -0.15) is 0 Å². The molecule has 0 heteroatoms. The van der Waals surface area contributed by atoms with Crippen LogP contribution in [0.15, 0.2) is 0 Å². The molecule has 0 rings (SSSR count). The number of hydrogen-bond donors (Lipinski definition) is 0. The van der Waals surface area contributed by atoms with Crippen molar-refractivity contribution in [3.8, 4) is 0 Å². The summed E-state index contributed by atoms with van der Waals surface area (Å²) in [5, 5.41) is 0. The summed E-state index contributed by atoms with van der Waals surface area (Å²) in [7, 11) is 0. The molecule has 14 heavy (non-hydrogen) atoms. The van der Waals surface area contributed by atoms with Gasteiger partial charge in [0.1, 0.15) is 0 Å². The monoisotopic (exact) mass is 198 g/mol. The van der Waals surface area contributed by atoms with Crippen LogP contribution in [0, 0.1) is 16.7 Å². The van der Waals surface area contributed by atoms with Crippen LogP contribution in [0.4, 0.5) is 0 Å². The first kappa shape index (κ1) is 14.0. The molecule has 0 aliphatic carbocycles. The van der Waals surface area contributed by atoms with E-state index in [0.29, 0.717) is 10.8 Å². The van der Waals surface area contributed by atoms with Crippen LogP contribution in [-0.2, 0) is 0 Å². The van der Waals surface area contributed by atoms with Crippen LogP contribution >= 0.6 is 0 Å². The largest absolute Gasteiger partial charge is 0.0654 e. The van der Waals surface area contributed by atoms with E-state index in [4.69, 9.17) is 0 Å². The molecule has 0 spiro atoms. The second-order valence-corrected chi connectivity index (χ2v) is 6.59. The van der Waals surface area contributed by atoms with Gasteiger partial charge in [-0.05, 0) is 23.2 Å². The first-order chi connectivity index (χ1) is 6.23. The van der Waals surface area contributed by atoms with Crippen LogP contribution < -0.4 is 0 Å². The minimum Gasteiger partial charge on any atom is -0.0654 e. The van der Waals surface area contributed by atoms with Gasteiger partial charge < -0.3 is 0 Å². The number of hydrogen-bond acceptors (Lipinski definition) is 0. The maximum absolute atomic E-state index is 2.43. The molecule has 0 bridgehead atoms. The molecule has 1 unspecified atom stereocenters. The fourth-order valence-corrected chi connectivity index (χ4v) is 2.15. The zero-order valence-electron chi connectivity index (χ0n) is 11.4. The molecule has 86 valence electrons. The lowest BCUT2D eigenvalue weighted by molar-refractivity contribution is 0.132. The molecule has 1 atom stereocenters. The van der Waals surface area contributed by atoms with Crippen LogP contribution in [0.2, 0.25) is 0 Å². The van der Waals surface area contributed by atoms with E-state index in [1.165, 1.54) is 25.7 Å². The molecule has 0 aromatic rings. The second kappa shape index (κ2) is 5.19. The van der Waals surface area contributed by atoms with Crippen molar-refractivity contribution >= 4 is 0 Å². The second-order valence-electron chi connectivity index (χ2n) is 6.59. The minimum absolute atomic E-state index is 0.478. The van der Waals surface area contributed by atoms with Crippen molar-refractivity contribution in [2.24, 2.45) is 16.7 Å². The van der Waals surface area contributed by atoms with Crippen LogP contribution in [0.5, 0.6) is 0 Å². The van der Waals surface area contributed by atoms with Gasteiger partial charge >= 0.3 is 0 Å². The average Bonchev–Trinajstić information content (AvgIpc) is 2.01. The van der Waals surface area contributed by atoms with Gasteiger partial charge in [-0.1, -0.05) is 67.7 Å². The van der Waals surface area contributed by atoms with Crippen LogP contribution in [0.1, 0.15) is 74.1 Å². The molecule has 0 radical (unpaired) electrons. The van der Waals surface area contributed by atoms with Gasteiger partial charge in [0.15, 0.2) is 0 Å². The Labute approximate surface area is 91.5 Å². The molecule has 0 aliphatic rings. The highest BCUT2D eigenvalue weighted by molar-refractivity contribution is 4.80. The lowest BCUT2D eigenvalue weighted by Crippen LogP contribution is -2.27. The van der Waals surface area contributed by atoms with Crippen molar-refractivity contribution in [3.63, 3.8) is 0 Å². The van der Waals surface area contributed by atoms with Gasteiger partial charge in [0.05, 0.1) is 0 Å². The zero-order chi connectivity index (χ0) is 11.4. The normalized spacial score (nSPS) is 15.6. The molecule has 0 amide bonds. The maximum atomic E-state index is 2.43. The molecule has 0 saturated carbocycles. The topological polar surface area (TPSA) is 0 Å². The van der Waals surface area contributed by atoms with Crippen molar-refractivity contribution < 1.29 is 0 Å². The molecule has 0 aromatic carbocycles. The van der Waals surface area contributed by atoms with Gasteiger partial charge in [-0.15, -0.1) is 0 Å². The Bertz CT molecular complexity index is 148. The number of rotatable bonds is 5. The van der Waals surface area contributed by atoms with Gasteiger partial charge in [-0.25, -0.2) is 0 Å². The average molecular weight is 198 g/mol. The fourth-order valence-electron chi connectivity index (χ4n) is 2.15. The van der Waals surface area contributed by atoms with E-state index in [2.05, 4.69) is 48.5 Å². The van der Waals surface area contributed by atoms with E-state index in [-0.39, 0.29) is 0 Å². The lowest BCUT2D eigenvalue weighted by Gasteiger charge is -2.37. The Morgan fingerprint density at radius 2 is 1.43 bits per heavy atom. The standard InChI is InChI=1S/C14H30/c1-8-10-12(11-13(3,4)5)14(6,7)9-2/h12H,8-11H2,1-7H3. The SMILES string of the molecule is CCCC(CC(C)(C)C)C(C)(C)CC. The highest BCUT2D eigenvalue weighted by atomic mass is 14.4. The predicted octanol–water partition coefficient (Wildman–Crippen LogP) is 5.28. The summed E-state index contributed by atoms with van der Waals surface area (Å²) in [4.78, 5) is 0. The quantitative estimate of drug-likeness (QED) is 0.564. The van der Waals surface area contributed by atoms with E-state index < -0.39 is 0 Å². The molecule has 0 N–H and O–H groups in total. The van der Waals surface area contributed by atoms with Gasteiger partial charge in [0.25, 0.3) is 0 Å². The molecular weight excluding hydrogens is 168 g/mol. The van der Waals surface area contributed by atoms with Crippen LogP contribution in [0.3, 0.4) is 0 Å². The smallest absolute Gasteiger partial charge is 0.0328 e.